The van der Waals surface area contributed by atoms with Gasteiger partial charge in [-0.1, -0.05) is 0 Å². The highest BCUT2D eigenvalue weighted by Gasteiger charge is 2.60. The van der Waals surface area contributed by atoms with Gasteiger partial charge < -0.3 is 25.0 Å². The van der Waals surface area contributed by atoms with Crippen molar-refractivity contribution in [2.75, 3.05) is 25.1 Å². The van der Waals surface area contributed by atoms with Crippen molar-refractivity contribution in [3.05, 3.63) is 33.9 Å². The fourth-order valence-electron chi connectivity index (χ4n) is 5.26. The van der Waals surface area contributed by atoms with E-state index in [4.69, 9.17) is 10.5 Å². The number of fused-ring (bicyclic) bond motifs is 2. The van der Waals surface area contributed by atoms with Crippen LogP contribution in [0.3, 0.4) is 0 Å². The van der Waals surface area contributed by atoms with Crippen LogP contribution in [0.5, 0.6) is 5.75 Å². The maximum atomic E-state index is 15.5. The molecule has 1 aromatic carbocycles. The Bertz CT molecular complexity index is 1170. The Hall–Kier alpha value is -2.75. The van der Waals surface area contributed by atoms with Crippen molar-refractivity contribution in [3.8, 4) is 5.75 Å². The SMILES string of the molecule is COc1c(N2C[C@]3(N)CCC[C@]3(F)C2)c(F)cc2c(=O)c(C(=O)O)cn(C3C[C@@H]3F)c12. The smallest absolute Gasteiger partial charge is 0.341 e. The molecule has 0 bridgehead atoms. The van der Waals surface area contributed by atoms with Crippen LogP contribution in [-0.2, 0) is 0 Å². The molecular weight excluding hydrogens is 415 g/mol. The van der Waals surface area contributed by atoms with E-state index in [0.717, 1.165) is 12.3 Å². The molecule has 2 aliphatic carbocycles. The first-order valence-electron chi connectivity index (χ1n) is 10.2. The molecule has 1 unspecified atom stereocenters. The van der Waals surface area contributed by atoms with Crippen molar-refractivity contribution in [3.63, 3.8) is 0 Å². The number of nitrogens with zero attached hydrogens (tertiary/aromatic N) is 2. The molecule has 31 heavy (non-hydrogen) atoms. The highest BCUT2D eigenvalue weighted by atomic mass is 19.1. The van der Waals surface area contributed by atoms with Gasteiger partial charge in [-0.2, -0.15) is 0 Å². The Labute approximate surface area is 175 Å². The van der Waals surface area contributed by atoms with E-state index in [1.54, 1.807) is 0 Å². The minimum Gasteiger partial charge on any atom is -0.492 e. The number of pyridine rings is 1. The van der Waals surface area contributed by atoms with Crippen LogP contribution < -0.4 is 20.8 Å². The monoisotopic (exact) mass is 437 g/mol. The number of rotatable bonds is 4. The summed E-state index contributed by atoms with van der Waals surface area (Å²) in [6.45, 7) is -0.0657. The number of alkyl halides is 2. The fraction of sp³-hybridized carbons (Fsp3) is 0.524. The van der Waals surface area contributed by atoms with E-state index in [1.165, 1.54) is 16.6 Å². The van der Waals surface area contributed by atoms with Gasteiger partial charge in [0, 0.05) is 19.2 Å². The second-order valence-corrected chi connectivity index (χ2v) is 8.87. The summed E-state index contributed by atoms with van der Waals surface area (Å²) in [5, 5.41) is 9.17. The number of aromatic carboxylic acids is 1. The summed E-state index contributed by atoms with van der Waals surface area (Å²) in [5.74, 6) is -2.40. The molecule has 3 aliphatic rings. The van der Waals surface area contributed by atoms with E-state index in [2.05, 4.69) is 0 Å². The summed E-state index contributed by atoms with van der Waals surface area (Å²) in [4.78, 5) is 25.8. The molecule has 0 amide bonds. The fourth-order valence-corrected chi connectivity index (χ4v) is 5.26. The number of benzene rings is 1. The van der Waals surface area contributed by atoms with Crippen LogP contribution in [0.15, 0.2) is 17.1 Å². The second kappa shape index (κ2) is 6.38. The lowest BCUT2D eigenvalue weighted by atomic mass is 9.89. The van der Waals surface area contributed by atoms with Gasteiger partial charge >= 0.3 is 5.97 Å². The highest BCUT2D eigenvalue weighted by molar-refractivity contribution is 5.97. The Morgan fingerprint density at radius 2 is 2.06 bits per heavy atom. The minimum absolute atomic E-state index is 0.0569. The molecule has 1 aliphatic heterocycles. The third-order valence-electron chi connectivity index (χ3n) is 6.99. The van der Waals surface area contributed by atoms with Crippen molar-refractivity contribution in [1.82, 2.24) is 4.57 Å². The first-order valence-corrected chi connectivity index (χ1v) is 10.2. The van der Waals surface area contributed by atoms with Crippen LogP contribution in [0.25, 0.3) is 10.9 Å². The van der Waals surface area contributed by atoms with Gasteiger partial charge in [-0.15, -0.1) is 0 Å². The number of nitrogens with two attached hydrogens (primary N) is 1. The van der Waals surface area contributed by atoms with Crippen molar-refractivity contribution >= 4 is 22.6 Å². The van der Waals surface area contributed by atoms with Gasteiger partial charge in [0.05, 0.1) is 36.1 Å². The third kappa shape index (κ3) is 2.70. The van der Waals surface area contributed by atoms with Crippen LogP contribution in [0, 0.1) is 5.82 Å². The van der Waals surface area contributed by atoms with Crippen molar-refractivity contribution in [1.29, 1.82) is 0 Å². The molecule has 7 nitrogen and oxygen atoms in total. The number of methoxy groups -OCH3 is 1. The highest BCUT2D eigenvalue weighted by Crippen LogP contribution is 2.51. The summed E-state index contributed by atoms with van der Waals surface area (Å²) in [6, 6.07) is 0.232. The molecular formula is C21H22F3N3O4. The lowest BCUT2D eigenvalue weighted by molar-refractivity contribution is 0.0694. The van der Waals surface area contributed by atoms with E-state index in [0.29, 0.717) is 12.8 Å². The summed E-state index contributed by atoms with van der Waals surface area (Å²) < 4.78 is 51.6. The molecule has 3 fully saturated rings. The van der Waals surface area contributed by atoms with Crippen LogP contribution >= 0.6 is 0 Å². The zero-order chi connectivity index (χ0) is 22.3. The number of aromatic nitrogens is 1. The van der Waals surface area contributed by atoms with Crippen LogP contribution in [0.2, 0.25) is 0 Å². The minimum atomic E-state index is -1.67. The Balaban J connectivity index is 1.77. The average Bonchev–Trinajstić information content (AvgIpc) is 3.26. The van der Waals surface area contributed by atoms with Gasteiger partial charge in [-0.05, 0) is 25.3 Å². The molecule has 1 saturated heterocycles. The molecule has 2 heterocycles. The number of halogens is 3. The van der Waals surface area contributed by atoms with Gasteiger partial charge in [0.25, 0.3) is 0 Å². The van der Waals surface area contributed by atoms with Crippen molar-refractivity contribution < 1.29 is 27.8 Å². The molecule has 2 saturated carbocycles. The maximum Gasteiger partial charge on any atom is 0.341 e. The summed E-state index contributed by atoms with van der Waals surface area (Å²) in [7, 11) is 1.28. The predicted octanol–water partition coefficient (Wildman–Crippen LogP) is 2.54. The molecule has 2 aromatic rings. The number of carboxylic acid groups (broad SMARTS) is 1. The topological polar surface area (TPSA) is 97.8 Å². The number of hydrogen-bond donors (Lipinski definition) is 2. The number of ether oxygens (including phenoxy) is 1. The van der Waals surface area contributed by atoms with Crippen LogP contribution in [0.1, 0.15) is 42.1 Å². The number of hydrogen-bond acceptors (Lipinski definition) is 5. The molecule has 4 atom stereocenters. The standard InChI is InChI=1S/C21H22F3N3O4/c1-31-18-15-10(17(28)11(19(29)30)7-27(15)14-6-12(14)22)5-13(23)16(18)26-8-20(24)3-2-4-21(20,25)9-26/h5,7,12,14H,2-4,6,8-9,25H2,1H3,(H,29,30)/t12-,14?,20-,21+/m0/s1. The quantitative estimate of drug-likeness (QED) is 0.763. The summed E-state index contributed by atoms with van der Waals surface area (Å²) >= 11 is 0. The van der Waals surface area contributed by atoms with E-state index < -0.39 is 46.2 Å². The third-order valence-corrected chi connectivity index (χ3v) is 6.99. The van der Waals surface area contributed by atoms with E-state index in [-0.39, 0.29) is 48.3 Å². The molecule has 166 valence electrons. The predicted molar refractivity (Wildman–Crippen MR) is 107 cm³/mol. The van der Waals surface area contributed by atoms with Gasteiger partial charge in [0.2, 0.25) is 5.43 Å². The van der Waals surface area contributed by atoms with Gasteiger partial charge in [-0.25, -0.2) is 18.0 Å². The first kappa shape index (κ1) is 20.2. The lowest BCUT2D eigenvalue weighted by Gasteiger charge is -2.27. The Morgan fingerprint density at radius 1 is 1.35 bits per heavy atom. The average molecular weight is 437 g/mol. The maximum absolute atomic E-state index is 15.5. The van der Waals surface area contributed by atoms with E-state index in [9.17, 15) is 19.1 Å². The summed E-state index contributed by atoms with van der Waals surface area (Å²) in [5.41, 5.74) is 2.08. The largest absolute Gasteiger partial charge is 0.492 e. The van der Waals surface area contributed by atoms with Crippen LogP contribution in [-0.4, -0.2) is 53.2 Å². The molecule has 5 rings (SSSR count). The number of carboxylic acids is 1. The Morgan fingerprint density at radius 3 is 2.65 bits per heavy atom. The zero-order valence-corrected chi connectivity index (χ0v) is 16.8. The van der Waals surface area contributed by atoms with Crippen LogP contribution in [0.4, 0.5) is 18.9 Å². The number of carbonyl (C=O) groups is 1. The van der Waals surface area contributed by atoms with E-state index >= 15 is 8.78 Å². The number of anilines is 1. The lowest BCUT2D eigenvalue weighted by Crippen LogP contribution is -2.53. The van der Waals surface area contributed by atoms with Crippen molar-refractivity contribution in [2.45, 2.75) is 49.1 Å². The van der Waals surface area contributed by atoms with E-state index in [1.807, 2.05) is 0 Å². The molecule has 10 heteroatoms. The second-order valence-electron chi connectivity index (χ2n) is 8.87. The molecule has 3 N–H and O–H groups in total. The normalized spacial score (nSPS) is 31.8. The van der Waals surface area contributed by atoms with Crippen molar-refractivity contribution in [2.24, 2.45) is 5.73 Å². The van der Waals surface area contributed by atoms with Gasteiger partial charge in [0.1, 0.15) is 23.1 Å². The van der Waals surface area contributed by atoms with Gasteiger partial charge in [0.15, 0.2) is 11.6 Å². The molecule has 0 radical (unpaired) electrons. The molecule has 0 spiro atoms. The Kier molecular flexibility index (Phi) is 4.15. The summed E-state index contributed by atoms with van der Waals surface area (Å²) in [6.07, 6.45) is 1.37. The van der Waals surface area contributed by atoms with Gasteiger partial charge in [-0.3, -0.25) is 4.79 Å². The first-order chi connectivity index (χ1) is 14.6. The zero-order valence-electron chi connectivity index (χ0n) is 16.8. The molecule has 1 aromatic heterocycles.